The van der Waals surface area contributed by atoms with Crippen LogP contribution >= 0.6 is 0 Å². The standard InChI is InChI=1S/C14H21N3O4/c1-11-2-3-13(14(8-11)17(19)20)15-9-12(18)10-16-4-6-21-7-5-16/h2-3,8,12,15,18H,4-7,9-10H2,1H3. The van der Waals surface area contributed by atoms with Crippen molar-refractivity contribution in [2.24, 2.45) is 0 Å². The summed E-state index contributed by atoms with van der Waals surface area (Å²) in [7, 11) is 0. The number of β-amino-alcohol motifs (C(OH)–C–C–N with tert-alkyl or cyclic N) is 1. The molecule has 1 fully saturated rings. The molecule has 1 saturated heterocycles. The number of nitro groups is 1. The molecule has 1 aliphatic rings. The summed E-state index contributed by atoms with van der Waals surface area (Å²) in [5.41, 5.74) is 1.31. The molecule has 2 N–H and O–H groups in total. The maximum atomic E-state index is 11.0. The van der Waals surface area contributed by atoms with E-state index >= 15 is 0 Å². The highest BCUT2D eigenvalue weighted by molar-refractivity contribution is 5.62. The fourth-order valence-corrected chi connectivity index (χ4v) is 2.32. The van der Waals surface area contributed by atoms with Crippen LogP contribution in [0.25, 0.3) is 0 Å². The molecule has 1 aromatic carbocycles. The van der Waals surface area contributed by atoms with E-state index in [1.807, 2.05) is 13.0 Å². The van der Waals surface area contributed by atoms with Gasteiger partial charge in [0.05, 0.1) is 24.2 Å². The van der Waals surface area contributed by atoms with Crippen molar-refractivity contribution in [1.82, 2.24) is 4.90 Å². The molecular formula is C14H21N3O4. The highest BCUT2D eigenvalue weighted by Gasteiger charge is 2.17. The molecular weight excluding hydrogens is 274 g/mol. The van der Waals surface area contributed by atoms with Crippen molar-refractivity contribution in [2.45, 2.75) is 13.0 Å². The van der Waals surface area contributed by atoms with Crippen LogP contribution in [0.5, 0.6) is 0 Å². The average molecular weight is 295 g/mol. The van der Waals surface area contributed by atoms with E-state index in [9.17, 15) is 15.2 Å². The summed E-state index contributed by atoms with van der Waals surface area (Å²) in [6.45, 7) is 5.61. The second-order valence-electron chi connectivity index (χ2n) is 5.23. The number of nitrogens with zero attached hydrogens (tertiary/aromatic N) is 2. The summed E-state index contributed by atoms with van der Waals surface area (Å²) in [5.74, 6) is 0. The molecule has 7 nitrogen and oxygen atoms in total. The SMILES string of the molecule is Cc1ccc(NCC(O)CN2CCOCC2)c([N+](=O)[O-])c1. The Morgan fingerprint density at radius 3 is 2.86 bits per heavy atom. The summed E-state index contributed by atoms with van der Waals surface area (Å²) < 4.78 is 5.25. The van der Waals surface area contributed by atoms with E-state index in [4.69, 9.17) is 4.74 Å². The second-order valence-corrected chi connectivity index (χ2v) is 5.23. The molecule has 0 bridgehead atoms. The van der Waals surface area contributed by atoms with Gasteiger partial charge in [-0.1, -0.05) is 6.07 Å². The summed E-state index contributed by atoms with van der Waals surface area (Å²) in [5, 5.41) is 24.0. The number of rotatable bonds is 6. The molecule has 0 radical (unpaired) electrons. The number of morpholine rings is 1. The lowest BCUT2D eigenvalue weighted by Gasteiger charge is -2.28. The van der Waals surface area contributed by atoms with Gasteiger partial charge in [0.2, 0.25) is 0 Å². The van der Waals surface area contributed by atoms with Crippen molar-refractivity contribution in [3.05, 3.63) is 33.9 Å². The molecule has 1 unspecified atom stereocenters. The quantitative estimate of drug-likeness (QED) is 0.601. The van der Waals surface area contributed by atoms with Gasteiger partial charge in [-0.15, -0.1) is 0 Å². The van der Waals surface area contributed by atoms with Crippen molar-refractivity contribution in [2.75, 3.05) is 44.7 Å². The topological polar surface area (TPSA) is 87.9 Å². The fourth-order valence-electron chi connectivity index (χ4n) is 2.32. The number of hydrogen-bond acceptors (Lipinski definition) is 6. The van der Waals surface area contributed by atoms with Crippen molar-refractivity contribution < 1.29 is 14.8 Å². The lowest BCUT2D eigenvalue weighted by atomic mass is 10.2. The van der Waals surface area contributed by atoms with E-state index < -0.39 is 11.0 Å². The lowest BCUT2D eigenvalue weighted by molar-refractivity contribution is -0.384. The van der Waals surface area contributed by atoms with Crippen LogP contribution in [0.1, 0.15) is 5.56 Å². The van der Waals surface area contributed by atoms with Gasteiger partial charge in [0.1, 0.15) is 5.69 Å². The molecule has 2 rings (SSSR count). The van der Waals surface area contributed by atoms with E-state index in [0.29, 0.717) is 25.4 Å². The van der Waals surface area contributed by atoms with E-state index in [1.165, 1.54) is 6.07 Å². The van der Waals surface area contributed by atoms with Crippen LogP contribution < -0.4 is 5.32 Å². The van der Waals surface area contributed by atoms with E-state index in [0.717, 1.165) is 18.7 Å². The highest BCUT2D eigenvalue weighted by atomic mass is 16.6. The van der Waals surface area contributed by atoms with Crippen LogP contribution in [0.15, 0.2) is 18.2 Å². The van der Waals surface area contributed by atoms with Crippen LogP contribution in [-0.2, 0) is 4.74 Å². The average Bonchev–Trinajstić information content (AvgIpc) is 2.47. The van der Waals surface area contributed by atoms with Crippen LogP contribution in [0, 0.1) is 17.0 Å². The molecule has 0 spiro atoms. The van der Waals surface area contributed by atoms with Crippen LogP contribution in [0.4, 0.5) is 11.4 Å². The number of anilines is 1. The van der Waals surface area contributed by atoms with Crippen LogP contribution in [0.3, 0.4) is 0 Å². The van der Waals surface area contributed by atoms with Gasteiger partial charge in [0, 0.05) is 32.2 Å². The summed E-state index contributed by atoms with van der Waals surface area (Å²) in [6, 6.07) is 5.01. The molecule has 0 saturated carbocycles. The molecule has 0 aliphatic carbocycles. The molecule has 1 aliphatic heterocycles. The molecule has 1 heterocycles. The lowest BCUT2D eigenvalue weighted by Crippen LogP contribution is -2.42. The number of ether oxygens (including phenoxy) is 1. The van der Waals surface area contributed by atoms with Crippen molar-refractivity contribution >= 4 is 11.4 Å². The highest BCUT2D eigenvalue weighted by Crippen LogP contribution is 2.25. The summed E-state index contributed by atoms with van der Waals surface area (Å²) >= 11 is 0. The normalized spacial score (nSPS) is 17.4. The monoisotopic (exact) mass is 295 g/mol. The van der Waals surface area contributed by atoms with Gasteiger partial charge in [-0.25, -0.2) is 0 Å². The minimum absolute atomic E-state index is 0.0357. The Morgan fingerprint density at radius 2 is 2.19 bits per heavy atom. The first kappa shape index (κ1) is 15.7. The molecule has 7 heteroatoms. The zero-order chi connectivity index (χ0) is 15.2. The number of aliphatic hydroxyl groups is 1. The third kappa shape index (κ3) is 4.66. The smallest absolute Gasteiger partial charge is 0.292 e. The number of aliphatic hydroxyl groups excluding tert-OH is 1. The van der Waals surface area contributed by atoms with Gasteiger partial charge < -0.3 is 15.2 Å². The van der Waals surface area contributed by atoms with Crippen LogP contribution in [0.2, 0.25) is 0 Å². The zero-order valence-electron chi connectivity index (χ0n) is 12.1. The third-order valence-corrected chi connectivity index (χ3v) is 3.45. The molecule has 116 valence electrons. The first-order valence-electron chi connectivity index (χ1n) is 7.03. The number of aryl methyl sites for hydroxylation is 1. The molecule has 0 amide bonds. The molecule has 1 aromatic rings. The zero-order valence-corrected chi connectivity index (χ0v) is 12.1. The van der Waals surface area contributed by atoms with E-state index in [-0.39, 0.29) is 12.2 Å². The Morgan fingerprint density at radius 1 is 1.48 bits per heavy atom. The van der Waals surface area contributed by atoms with E-state index in [1.54, 1.807) is 6.07 Å². The minimum atomic E-state index is -0.580. The second kappa shape index (κ2) is 7.35. The fraction of sp³-hybridized carbons (Fsp3) is 0.571. The summed E-state index contributed by atoms with van der Waals surface area (Å²) in [6.07, 6.45) is -0.580. The molecule has 21 heavy (non-hydrogen) atoms. The predicted molar refractivity (Wildman–Crippen MR) is 79.6 cm³/mol. The van der Waals surface area contributed by atoms with Gasteiger partial charge in [0.15, 0.2) is 0 Å². The van der Waals surface area contributed by atoms with Crippen molar-refractivity contribution in [3.8, 4) is 0 Å². The molecule has 0 aromatic heterocycles. The number of nitrogens with one attached hydrogen (secondary N) is 1. The van der Waals surface area contributed by atoms with Gasteiger partial charge in [-0.3, -0.25) is 15.0 Å². The van der Waals surface area contributed by atoms with Gasteiger partial charge >= 0.3 is 0 Å². The minimum Gasteiger partial charge on any atom is -0.390 e. The van der Waals surface area contributed by atoms with E-state index in [2.05, 4.69) is 10.2 Å². The number of hydrogen-bond donors (Lipinski definition) is 2. The largest absolute Gasteiger partial charge is 0.390 e. The van der Waals surface area contributed by atoms with Gasteiger partial charge in [-0.2, -0.15) is 0 Å². The Balaban J connectivity index is 1.88. The van der Waals surface area contributed by atoms with Crippen molar-refractivity contribution in [1.29, 1.82) is 0 Å². The third-order valence-electron chi connectivity index (χ3n) is 3.45. The van der Waals surface area contributed by atoms with Gasteiger partial charge in [0.25, 0.3) is 5.69 Å². The Bertz CT molecular complexity index is 489. The maximum absolute atomic E-state index is 11.0. The van der Waals surface area contributed by atoms with Crippen molar-refractivity contribution in [3.63, 3.8) is 0 Å². The van der Waals surface area contributed by atoms with Crippen LogP contribution in [-0.4, -0.2) is 60.4 Å². The first-order valence-corrected chi connectivity index (χ1v) is 7.03. The maximum Gasteiger partial charge on any atom is 0.292 e. The Kier molecular flexibility index (Phi) is 5.49. The Labute approximate surface area is 123 Å². The van der Waals surface area contributed by atoms with Gasteiger partial charge in [-0.05, 0) is 18.6 Å². The molecule has 1 atom stereocenters. The summed E-state index contributed by atoms with van der Waals surface area (Å²) in [4.78, 5) is 12.7. The number of nitro benzene ring substituents is 1. The number of benzene rings is 1. The Hall–Kier alpha value is -1.70. The first-order chi connectivity index (χ1) is 10.1. The predicted octanol–water partition coefficient (Wildman–Crippen LogP) is 1.01.